The Hall–Kier alpha value is -1.64. The van der Waals surface area contributed by atoms with Gasteiger partial charge in [-0.05, 0) is 12.0 Å². The average molecular weight is 343 g/mol. The lowest BCUT2D eigenvalue weighted by molar-refractivity contribution is 0.150. The summed E-state index contributed by atoms with van der Waals surface area (Å²) in [5, 5.41) is 12.6. The van der Waals surface area contributed by atoms with Crippen molar-refractivity contribution in [2.24, 2.45) is 0 Å². The Balaban J connectivity index is 2.34. The average Bonchev–Trinajstić information content (AvgIpc) is 2.52. The second-order valence-corrected chi connectivity index (χ2v) is 7.77. The molecule has 0 spiro atoms. The number of urea groups is 1. The summed E-state index contributed by atoms with van der Waals surface area (Å²) in [7, 11) is 1.19. The van der Waals surface area contributed by atoms with Crippen molar-refractivity contribution in [3.05, 3.63) is 35.9 Å². The van der Waals surface area contributed by atoms with Crippen molar-refractivity contribution in [3.8, 4) is 0 Å². The van der Waals surface area contributed by atoms with Gasteiger partial charge in [0.2, 0.25) is 10.0 Å². The summed E-state index contributed by atoms with van der Waals surface area (Å²) in [6, 6.07) is 8.87. The van der Waals surface area contributed by atoms with Crippen molar-refractivity contribution in [3.63, 3.8) is 0 Å². The van der Waals surface area contributed by atoms with Crippen molar-refractivity contribution in [2.75, 3.05) is 40.0 Å². The maximum Gasteiger partial charge on any atom is 0.317 e. The normalized spacial score (nSPS) is 12.9. The first-order valence-corrected chi connectivity index (χ1v) is 8.97. The van der Waals surface area contributed by atoms with E-state index in [1.165, 1.54) is 19.0 Å². The third kappa shape index (κ3) is 6.55. The van der Waals surface area contributed by atoms with Gasteiger partial charge in [-0.2, -0.15) is 0 Å². The van der Waals surface area contributed by atoms with E-state index in [0.29, 0.717) is 13.0 Å². The number of benzene rings is 1. The lowest BCUT2D eigenvalue weighted by Gasteiger charge is -2.20. The Morgan fingerprint density at radius 1 is 1.22 bits per heavy atom. The molecule has 0 aliphatic carbocycles. The second kappa shape index (κ2) is 8.85. The van der Waals surface area contributed by atoms with Crippen LogP contribution in [0, 0.1) is 0 Å². The van der Waals surface area contributed by atoms with Crippen molar-refractivity contribution >= 4 is 16.1 Å². The first-order chi connectivity index (χ1) is 10.7. The van der Waals surface area contributed by atoms with Crippen LogP contribution in [0.3, 0.4) is 0 Å². The topological polar surface area (TPSA) is 90.0 Å². The second-order valence-electron chi connectivity index (χ2n) is 5.47. The Morgan fingerprint density at radius 2 is 1.83 bits per heavy atom. The Bertz CT molecular complexity index is 590. The smallest absolute Gasteiger partial charge is 0.317 e. The molecule has 0 bridgehead atoms. The summed E-state index contributed by atoms with van der Waals surface area (Å²) < 4.78 is 24.3. The van der Waals surface area contributed by atoms with Crippen LogP contribution >= 0.6 is 0 Å². The SMILES string of the molecule is CN(CC[C@@H](O)c1ccccc1)C(=O)NCCS(=O)(=O)N(C)C. The highest BCUT2D eigenvalue weighted by Crippen LogP contribution is 2.15. The van der Waals surface area contributed by atoms with Crippen molar-refractivity contribution < 1.29 is 18.3 Å². The molecule has 0 radical (unpaired) electrons. The van der Waals surface area contributed by atoms with Crippen molar-refractivity contribution in [1.82, 2.24) is 14.5 Å². The van der Waals surface area contributed by atoms with Crippen LogP contribution in [-0.4, -0.2) is 68.7 Å². The molecule has 0 saturated carbocycles. The maximum absolute atomic E-state index is 11.9. The number of aliphatic hydroxyl groups is 1. The number of aliphatic hydroxyl groups excluding tert-OH is 1. The number of carbonyl (C=O) groups excluding carboxylic acids is 1. The summed E-state index contributed by atoms with van der Waals surface area (Å²) in [4.78, 5) is 13.3. The first-order valence-electron chi connectivity index (χ1n) is 7.36. The van der Waals surface area contributed by atoms with Gasteiger partial charge < -0.3 is 15.3 Å². The summed E-state index contributed by atoms with van der Waals surface area (Å²) in [5.74, 6) is -0.147. The van der Waals surface area contributed by atoms with Crippen LogP contribution in [0.15, 0.2) is 30.3 Å². The monoisotopic (exact) mass is 343 g/mol. The number of rotatable bonds is 8. The van der Waals surface area contributed by atoms with E-state index >= 15 is 0 Å². The number of hydrogen-bond acceptors (Lipinski definition) is 4. The highest BCUT2D eigenvalue weighted by atomic mass is 32.2. The third-order valence-corrected chi connectivity index (χ3v) is 5.29. The molecule has 0 fully saturated rings. The number of hydrogen-bond donors (Lipinski definition) is 2. The molecular formula is C15H25N3O4S. The molecule has 8 heteroatoms. The minimum absolute atomic E-state index is 0.0466. The van der Waals surface area contributed by atoms with E-state index in [-0.39, 0.29) is 18.3 Å². The van der Waals surface area contributed by atoms with Gasteiger partial charge >= 0.3 is 6.03 Å². The molecule has 1 rings (SSSR count). The molecule has 0 aliphatic heterocycles. The summed E-state index contributed by atoms with van der Waals surface area (Å²) in [5.41, 5.74) is 0.804. The van der Waals surface area contributed by atoms with Gasteiger partial charge in [-0.25, -0.2) is 17.5 Å². The molecular weight excluding hydrogens is 318 g/mol. The number of amides is 2. The van der Waals surface area contributed by atoms with Gasteiger partial charge in [0.15, 0.2) is 0 Å². The van der Waals surface area contributed by atoms with Gasteiger partial charge in [0.25, 0.3) is 0 Å². The molecule has 23 heavy (non-hydrogen) atoms. The molecule has 7 nitrogen and oxygen atoms in total. The van der Waals surface area contributed by atoms with E-state index in [0.717, 1.165) is 9.87 Å². The fourth-order valence-electron chi connectivity index (χ4n) is 1.86. The molecule has 0 unspecified atom stereocenters. The van der Waals surface area contributed by atoms with Crippen LogP contribution in [0.5, 0.6) is 0 Å². The number of nitrogens with zero attached hydrogens (tertiary/aromatic N) is 2. The lowest BCUT2D eigenvalue weighted by atomic mass is 10.1. The predicted octanol–water partition coefficient (Wildman–Crippen LogP) is 0.643. The van der Waals surface area contributed by atoms with Gasteiger partial charge in [-0.15, -0.1) is 0 Å². The Kier molecular flexibility index (Phi) is 7.47. The molecule has 0 saturated heterocycles. The lowest BCUT2D eigenvalue weighted by Crippen LogP contribution is -2.41. The van der Waals surface area contributed by atoms with Crippen molar-refractivity contribution in [1.29, 1.82) is 0 Å². The first kappa shape index (κ1) is 19.4. The van der Waals surface area contributed by atoms with E-state index in [4.69, 9.17) is 0 Å². The molecule has 130 valence electrons. The minimum atomic E-state index is -3.32. The molecule has 0 heterocycles. The molecule has 1 aromatic rings. The predicted molar refractivity (Wildman–Crippen MR) is 89.5 cm³/mol. The largest absolute Gasteiger partial charge is 0.388 e. The molecule has 2 N–H and O–H groups in total. The zero-order valence-electron chi connectivity index (χ0n) is 13.8. The Labute approximate surface area is 138 Å². The van der Waals surface area contributed by atoms with E-state index in [1.807, 2.05) is 30.3 Å². The molecule has 0 aliphatic rings. The molecule has 2 amide bonds. The fraction of sp³-hybridized carbons (Fsp3) is 0.533. The standard InChI is InChI=1S/C15H25N3O4S/c1-17(2)23(21,22)12-10-16-15(20)18(3)11-9-14(19)13-7-5-4-6-8-13/h4-8,14,19H,9-12H2,1-3H3,(H,16,20)/t14-/m1/s1. The van der Waals surface area contributed by atoms with Crippen LogP contribution in [-0.2, 0) is 10.0 Å². The van der Waals surface area contributed by atoms with E-state index in [9.17, 15) is 18.3 Å². The van der Waals surface area contributed by atoms with Crippen molar-refractivity contribution in [2.45, 2.75) is 12.5 Å². The number of nitrogens with one attached hydrogen (secondary N) is 1. The summed E-state index contributed by atoms with van der Waals surface area (Å²) in [6.45, 7) is 0.410. The van der Waals surface area contributed by atoms with Gasteiger partial charge in [0.1, 0.15) is 0 Å². The zero-order valence-corrected chi connectivity index (χ0v) is 14.6. The highest BCUT2D eigenvalue weighted by molar-refractivity contribution is 7.89. The van der Waals surface area contributed by atoms with E-state index < -0.39 is 16.1 Å². The highest BCUT2D eigenvalue weighted by Gasteiger charge is 2.15. The Morgan fingerprint density at radius 3 is 2.39 bits per heavy atom. The maximum atomic E-state index is 11.9. The van der Waals surface area contributed by atoms with E-state index in [1.54, 1.807) is 7.05 Å². The minimum Gasteiger partial charge on any atom is -0.388 e. The zero-order chi connectivity index (χ0) is 17.5. The molecule has 1 atom stereocenters. The van der Waals surface area contributed by atoms with Crippen LogP contribution in [0.4, 0.5) is 4.79 Å². The van der Waals surface area contributed by atoms with E-state index in [2.05, 4.69) is 5.32 Å². The van der Waals surface area contributed by atoms with Gasteiger partial charge in [0, 0.05) is 34.2 Å². The quantitative estimate of drug-likeness (QED) is 0.725. The van der Waals surface area contributed by atoms with Crippen LogP contribution < -0.4 is 5.32 Å². The number of carbonyl (C=O) groups is 1. The van der Waals surface area contributed by atoms with Crippen LogP contribution in [0.25, 0.3) is 0 Å². The molecule has 0 aromatic heterocycles. The van der Waals surface area contributed by atoms with Crippen LogP contribution in [0.1, 0.15) is 18.1 Å². The summed E-state index contributed by atoms with van der Waals surface area (Å²) >= 11 is 0. The number of sulfonamides is 1. The van der Waals surface area contributed by atoms with Gasteiger partial charge in [0.05, 0.1) is 11.9 Å². The fourth-order valence-corrected chi connectivity index (χ4v) is 2.59. The van der Waals surface area contributed by atoms with Crippen LogP contribution in [0.2, 0.25) is 0 Å². The molecule has 1 aromatic carbocycles. The summed E-state index contributed by atoms with van der Waals surface area (Å²) in [6.07, 6.45) is -0.232. The third-order valence-electron chi connectivity index (χ3n) is 3.46. The van der Waals surface area contributed by atoms with Gasteiger partial charge in [-0.3, -0.25) is 0 Å². The van der Waals surface area contributed by atoms with Gasteiger partial charge in [-0.1, -0.05) is 30.3 Å².